The SMILES string of the molecule is CC(C)=C[C@@H]1[C@@H](Cl)C(=O)C1(C)C. The molecule has 0 spiro atoms. The molecule has 0 aromatic carbocycles. The van der Waals surface area contributed by atoms with Gasteiger partial charge in [-0.25, -0.2) is 0 Å². The summed E-state index contributed by atoms with van der Waals surface area (Å²) in [6.45, 7) is 7.97. The Morgan fingerprint density at radius 2 is 2.00 bits per heavy atom. The molecule has 0 N–H and O–H groups in total. The highest BCUT2D eigenvalue weighted by Crippen LogP contribution is 2.46. The number of rotatable bonds is 1. The number of allylic oxidation sites excluding steroid dienone is 2. The van der Waals surface area contributed by atoms with Crippen LogP contribution in [0.5, 0.6) is 0 Å². The number of alkyl halides is 1. The van der Waals surface area contributed by atoms with Gasteiger partial charge in [0.05, 0.1) is 5.38 Å². The first-order valence-corrected chi connectivity index (χ1v) is 4.64. The lowest BCUT2D eigenvalue weighted by Crippen LogP contribution is -2.54. The lowest BCUT2D eigenvalue weighted by atomic mass is 9.60. The number of carbonyl (C=O) groups excluding carboxylic acids is 1. The second-order valence-corrected chi connectivity index (χ2v) is 4.73. The summed E-state index contributed by atoms with van der Waals surface area (Å²) in [5, 5.41) is -0.296. The van der Waals surface area contributed by atoms with Gasteiger partial charge in [-0.15, -0.1) is 11.6 Å². The zero-order valence-electron chi connectivity index (χ0n) is 8.02. The molecule has 0 amide bonds. The maximum Gasteiger partial charge on any atom is 0.157 e. The van der Waals surface area contributed by atoms with Crippen molar-refractivity contribution in [3.63, 3.8) is 0 Å². The van der Waals surface area contributed by atoms with Crippen molar-refractivity contribution >= 4 is 17.4 Å². The second kappa shape index (κ2) is 2.88. The Hall–Kier alpha value is -0.300. The number of hydrogen-bond donors (Lipinski definition) is 0. The summed E-state index contributed by atoms with van der Waals surface area (Å²) < 4.78 is 0. The third-order valence-corrected chi connectivity index (χ3v) is 3.02. The Labute approximate surface area is 78.8 Å². The summed E-state index contributed by atoms with van der Waals surface area (Å²) in [4.78, 5) is 11.3. The largest absolute Gasteiger partial charge is 0.297 e. The van der Waals surface area contributed by atoms with Crippen LogP contribution in [0.2, 0.25) is 0 Å². The quantitative estimate of drug-likeness (QED) is 0.455. The number of carbonyl (C=O) groups is 1. The number of ketones is 1. The fourth-order valence-corrected chi connectivity index (χ4v) is 2.27. The Morgan fingerprint density at radius 3 is 2.33 bits per heavy atom. The van der Waals surface area contributed by atoms with E-state index in [2.05, 4.69) is 6.08 Å². The Bertz CT molecular complexity index is 236. The van der Waals surface area contributed by atoms with Crippen LogP contribution in [0.25, 0.3) is 0 Å². The molecule has 2 heteroatoms. The van der Waals surface area contributed by atoms with Crippen LogP contribution in [0.3, 0.4) is 0 Å². The number of halogens is 1. The smallest absolute Gasteiger partial charge is 0.157 e. The lowest BCUT2D eigenvalue weighted by molar-refractivity contribution is -0.139. The van der Waals surface area contributed by atoms with Crippen LogP contribution in [0.1, 0.15) is 27.7 Å². The molecule has 0 aromatic heterocycles. The van der Waals surface area contributed by atoms with Gasteiger partial charge in [-0.2, -0.15) is 0 Å². The zero-order valence-corrected chi connectivity index (χ0v) is 8.77. The summed E-state index contributed by atoms with van der Waals surface area (Å²) in [7, 11) is 0. The summed E-state index contributed by atoms with van der Waals surface area (Å²) in [5.41, 5.74) is 0.982. The number of hydrogen-bond acceptors (Lipinski definition) is 1. The summed E-state index contributed by atoms with van der Waals surface area (Å²) in [5.74, 6) is 0.392. The predicted octanol–water partition coefficient (Wildman–Crippen LogP) is 2.79. The van der Waals surface area contributed by atoms with Gasteiger partial charge in [0.1, 0.15) is 0 Å². The zero-order chi connectivity index (χ0) is 9.52. The lowest BCUT2D eigenvalue weighted by Gasteiger charge is -2.45. The minimum Gasteiger partial charge on any atom is -0.297 e. The van der Waals surface area contributed by atoms with E-state index in [9.17, 15) is 4.79 Å². The molecule has 2 atom stereocenters. The standard InChI is InChI=1S/C10H15ClO/c1-6(2)5-7-8(11)9(12)10(7,3)4/h5,7-8H,1-4H3/t7-,8-/m1/s1. The van der Waals surface area contributed by atoms with Crippen molar-refractivity contribution in [1.82, 2.24) is 0 Å². The van der Waals surface area contributed by atoms with Crippen molar-refractivity contribution in [2.24, 2.45) is 11.3 Å². The predicted molar refractivity (Wildman–Crippen MR) is 51.4 cm³/mol. The molecule has 0 aliphatic heterocycles. The third kappa shape index (κ3) is 1.31. The average molecular weight is 187 g/mol. The normalized spacial score (nSPS) is 32.6. The average Bonchev–Trinajstić information content (AvgIpc) is 1.98. The van der Waals surface area contributed by atoms with Crippen LogP contribution < -0.4 is 0 Å². The van der Waals surface area contributed by atoms with Gasteiger partial charge in [0, 0.05) is 11.3 Å². The van der Waals surface area contributed by atoms with Crippen molar-refractivity contribution in [3.8, 4) is 0 Å². The van der Waals surface area contributed by atoms with E-state index in [1.165, 1.54) is 5.57 Å². The van der Waals surface area contributed by atoms with Gasteiger partial charge >= 0.3 is 0 Å². The van der Waals surface area contributed by atoms with Crippen molar-refractivity contribution < 1.29 is 4.79 Å². The van der Waals surface area contributed by atoms with E-state index in [4.69, 9.17) is 11.6 Å². The van der Waals surface area contributed by atoms with Crippen molar-refractivity contribution in [2.45, 2.75) is 33.1 Å². The highest BCUT2D eigenvalue weighted by atomic mass is 35.5. The van der Waals surface area contributed by atoms with Crippen molar-refractivity contribution in [3.05, 3.63) is 11.6 Å². The van der Waals surface area contributed by atoms with Crippen LogP contribution in [-0.4, -0.2) is 11.2 Å². The molecule has 1 saturated carbocycles. The minimum atomic E-state index is -0.296. The van der Waals surface area contributed by atoms with E-state index >= 15 is 0 Å². The Balaban J connectivity index is 2.81. The van der Waals surface area contributed by atoms with E-state index in [0.29, 0.717) is 0 Å². The van der Waals surface area contributed by atoms with E-state index in [-0.39, 0.29) is 22.5 Å². The van der Waals surface area contributed by atoms with E-state index in [1.54, 1.807) is 0 Å². The van der Waals surface area contributed by atoms with E-state index in [0.717, 1.165) is 0 Å². The molecule has 0 radical (unpaired) electrons. The molecule has 12 heavy (non-hydrogen) atoms. The van der Waals surface area contributed by atoms with Gasteiger partial charge in [-0.1, -0.05) is 25.5 Å². The molecule has 1 aliphatic carbocycles. The van der Waals surface area contributed by atoms with Gasteiger partial charge in [-0.3, -0.25) is 4.79 Å². The first-order valence-electron chi connectivity index (χ1n) is 4.21. The molecule has 0 bridgehead atoms. The maximum atomic E-state index is 11.3. The van der Waals surface area contributed by atoms with Crippen LogP contribution in [0.15, 0.2) is 11.6 Å². The molecule has 0 aromatic rings. The molecule has 0 saturated heterocycles. The molecule has 1 nitrogen and oxygen atoms in total. The summed E-state index contributed by atoms with van der Waals surface area (Å²) >= 11 is 5.90. The van der Waals surface area contributed by atoms with Crippen LogP contribution in [0.4, 0.5) is 0 Å². The van der Waals surface area contributed by atoms with Gasteiger partial charge in [0.15, 0.2) is 5.78 Å². The fraction of sp³-hybridized carbons (Fsp3) is 0.700. The molecular formula is C10H15ClO. The molecule has 1 rings (SSSR count). The Kier molecular flexibility index (Phi) is 2.35. The second-order valence-electron chi connectivity index (χ2n) is 4.26. The Morgan fingerprint density at radius 1 is 1.50 bits per heavy atom. The number of Topliss-reactive ketones (excluding diaryl/α,β-unsaturated/α-hetero) is 1. The molecular weight excluding hydrogens is 172 g/mol. The van der Waals surface area contributed by atoms with Crippen LogP contribution >= 0.6 is 11.6 Å². The fourth-order valence-electron chi connectivity index (χ4n) is 1.60. The van der Waals surface area contributed by atoms with Crippen LogP contribution in [-0.2, 0) is 4.79 Å². The summed E-state index contributed by atoms with van der Waals surface area (Å²) in [6, 6.07) is 0. The maximum absolute atomic E-state index is 11.3. The van der Waals surface area contributed by atoms with E-state index < -0.39 is 0 Å². The highest BCUT2D eigenvalue weighted by Gasteiger charge is 2.53. The molecule has 0 heterocycles. The molecule has 1 aliphatic rings. The van der Waals surface area contributed by atoms with Gasteiger partial charge in [0.2, 0.25) is 0 Å². The first kappa shape index (κ1) is 9.79. The highest BCUT2D eigenvalue weighted by molar-refractivity contribution is 6.35. The molecule has 0 unspecified atom stereocenters. The first-order chi connectivity index (χ1) is 5.37. The van der Waals surface area contributed by atoms with Crippen molar-refractivity contribution in [1.29, 1.82) is 0 Å². The van der Waals surface area contributed by atoms with E-state index in [1.807, 2.05) is 27.7 Å². The van der Waals surface area contributed by atoms with Gasteiger partial charge in [-0.05, 0) is 13.8 Å². The third-order valence-electron chi connectivity index (χ3n) is 2.55. The monoisotopic (exact) mass is 186 g/mol. The minimum absolute atomic E-state index is 0.173. The van der Waals surface area contributed by atoms with Gasteiger partial charge < -0.3 is 0 Å². The van der Waals surface area contributed by atoms with Crippen molar-refractivity contribution in [2.75, 3.05) is 0 Å². The topological polar surface area (TPSA) is 17.1 Å². The van der Waals surface area contributed by atoms with Crippen LogP contribution in [0, 0.1) is 11.3 Å². The molecule has 68 valence electrons. The summed E-state index contributed by atoms with van der Waals surface area (Å²) in [6.07, 6.45) is 2.10. The van der Waals surface area contributed by atoms with Gasteiger partial charge in [0.25, 0.3) is 0 Å². The molecule has 1 fully saturated rings.